The first kappa shape index (κ1) is 13.9. The summed E-state index contributed by atoms with van der Waals surface area (Å²) in [6, 6.07) is 26.7. The van der Waals surface area contributed by atoms with Crippen molar-refractivity contribution in [1.82, 2.24) is 0 Å². The number of anilines is 3. The summed E-state index contributed by atoms with van der Waals surface area (Å²) in [5.41, 5.74) is 3.27. The fourth-order valence-electron chi connectivity index (χ4n) is 2.15. The molecule has 3 rings (SSSR count). The summed E-state index contributed by atoms with van der Waals surface area (Å²) in [6.45, 7) is 0. The Bertz CT molecular complexity index is 755. The molecule has 0 aliphatic heterocycles. The Morgan fingerprint density at radius 3 is 1.91 bits per heavy atom. The maximum absolute atomic E-state index is 12.3. The lowest BCUT2D eigenvalue weighted by atomic mass is 10.1. The molecular formula is C19H16N2O. The minimum Gasteiger partial charge on any atom is -0.356 e. The molecule has 22 heavy (non-hydrogen) atoms. The molecular weight excluding hydrogens is 272 g/mol. The van der Waals surface area contributed by atoms with Crippen molar-refractivity contribution in [3.8, 4) is 0 Å². The number of nitrogens with one attached hydrogen (secondary N) is 2. The topological polar surface area (TPSA) is 41.1 Å². The number of amides is 1. The Kier molecular flexibility index (Phi) is 4.16. The standard InChI is InChI=1S/C19H16N2O/c22-19(21-17-11-5-2-6-12-17)15-8-7-13-18(14-15)20-16-9-3-1-4-10-16/h1-14,20H,(H,21,22). The van der Waals surface area contributed by atoms with E-state index in [0.717, 1.165) is 17.1 Å². The maximum atomic E-state index is 12.3. The molecule has 0 aromatic heterocycles. The number of carbonyl (C=O) groups excluding carboxylic acids is 1. The zero-order valence-electron chi connectivity index (χ0n) is 12.0. The third kappa shape index (κ3) is 3.52. The average Bonchev–Trinajstić information content (AvgIpc) is 2.57. The first-order valence-corrected chi connectivity index (χ1v) is 7.10. The number of hydrogen-bond donors (Lipinski definition) is 2. The largest absolute Gasteiger partial charge is 0.356 e. The van der Waals surface area contributed by atoms with Crippen LogP contribution in [0, 0.1) is 0 Å². The molecule has 0 unspecified atom stereocenters. The molecule has 3 aromatic carbocycles. The van der Waals surface area contributed by atoms with Gasteiger partial charge in [0, 0.05) is 22.6 Å². The SMILES string of the molecule is O=C(Nc1ccccc1)c1cccc(Nc2ccccc2)c1. The van der Waals surface area contributed by atoms with Gasteiger partial charge in [-0.25, -0.2) is 0 Å². The van der Waals surface area contributed by atoms with E-state index in [1.807, 2.05) is 78.9 Å². The van der Waals surface area contributed by atoms with Gasteiger partial charge in [0.15, 0.2) is 0 Å². The Labute approximate surface area is 129 Å². The van der Waals surface area contributed by atoms with E-state index in [-0.39, 0.29) is 5.91 Å². The van der Waals surface area contributed by atoms with E-state index in [2.05, 4.69) is 10.6 Å². The highest BCUT2D eigenvalue weighted by molar-refractivity contribution is 6.04. The normalized spacial score (nSPS) is 10.0. The van der Waals surface area contributed by atoms with Crippen LogP contribution in [-0.4, -0.2) is 5.91 Å². The summed E-state index contributed by atoms with van der Waals surface area (Å²) in [5, 5.41) is 6.17. The van der Waals surface area contributed by atoms with Gasteiger partial charge in [-0.15, -0.1) is 0 Å². The first-order chi connectivity index (χ1) is 10.8. The van der Waals surface area contributed by atoms with Crippen LogP contribution in [0.2, 0.25) is 0 Å². The Morgan fingerprint density at radius 1 is 0.636 bits per heavy atom. The first-order valence-electron chi connectivity index (χ1n) is 7.10. The molecule has 0 spiro atoms. The molecule has 0 aliphatic carbocycles. The smallest absolute Gasteiger partial charge is 0.255 e. The molecule has 0 saturated carbocycles. The van der Waals surface area contributed by atoms with Crippen molar-refractivity contribution in [3.05, 3.63) is 90.5 Å². The lowest BCUT2D eigenvalue weighted by Crippen LogP contribution is -2.11. The fraction of sp³-hybridized carbons (Fsp3) is 0. The Balaban J connectivity index is 1.75. The number of rotatable bonds is 4. The molecule has 0 heterocycles. The molecule has 2 N–H and O–H groups in total. The quantitative estimate of drug-likeness (QED) is 0.731. The zero-order chi connectivity index (χ0) is 15.2. The second-order valence-corrected chi connectivity index (χ2v) is 4.89. The van der Waals surface area contributed by atoms with E-state index in [4.69, 9.17) is 0 Å². The van der Waals surface area contributed by atoms with Crippen LogP contribution < -0.4 is 10.6 Å². The molecule has 3 nitrogen and oxygen atoms in total. The predicted octanol–water partition coefficient (Wildman–Crippen LogP) is 4.68. The average molecular weight is 288 g/mol. The summed E-state index contributed by atoms with van der Waals surface area (Å²) in [5.74, 6) is -0.122. The van der Waals surface area contributed by atoms with Crippen molar-refractivity contribution in [1.29, 1.82) is 0 Å². The zero-order valence-corrected chi connectivity index (χ0v) is 12.0. The summed E-state index contributed by atoms with van der Waals surface area (Å²) < 4.78 is 0. The van der Waals surface area contributed by atoms with Gasteiger partial charge in [0.05, 0.1) is 0 Å². The van der Waals surface area contributed by atoms with Crippen molar-refractivity contribution >= 4 is 23.0 Å². The second kappa shape index (κ2) is 6.59. The Morgan fingerprint density at radius 2 is 1.23 bits per heavy atom. The predicted molar refractivity (Wildman–Crippen MR) is 90.6 cm³/mol. The summed E-state index contributed by atoms with van der Waals surface area (Å²) >= 11 is 0. The minimum atomic E-state index is -0.122. The van der Waals surface area contributed by atoms with Gasteiger partial charge in [-0.2, -0.15) is 0 Å². The van der Waals surface area contributed by atoms with Gasteiger partial charge < -0.3 is 10.6 Å². The molecule has 0 radical (unpaired) electrons. The monoisotopic (exact) mass is 288 g/mol. The molecule has 0 fully saturated rings. The van der Waals surface area contributed by atoms with E-state index < -0.39 is 0 Å². The number of carbonyl (C=O) groups is 1. The van der Waals surface area contributed by atoms with Crippen LogP contribution in [0.1, 0.15) is 10.4 Å². The van der Waals surface area contributed by atoms with Gasteiger partial charge in [0.2, 0.25) is 0 Å². The van der Waals surface area contributed by atoms with Crippen LogP contribution in [-0.2, 0) is 0 Å². The fourth-order valence-corrected chi connectivity index (χ4v) is 2.15. The summed E-state index contributed by atoms with van der Waals surface area (Å²) in [7, 11) is 0. The highest BCUT2D eigenvalue weighted by Gasteiger charge is 2.06. The lowest BCUT2D eigenvalue weighted by Gasteiger charge is -2.09. The van der Waals surface area contributed by atoms with Gasteiger partial charge in [0.1, 0.15) is 0 Å². The highest BCUT2D eigenvalue weighted by Crippen LogP contribution is 2.18. The van der Waals surface area contributed by atoms with Crippen molar-refractivity contribution in [2.24, 2.45) is 0 Å². The van der Waals surface area contributed by atoms with Crippen LogP contribution in [0.3, 0.4) is 0 Å². The van der Waals surface area contributed by atoms with E-state index >= 15 is 0 Å². The van der Waals surface area contributed by atoms with Gasteiger partial charge in [0.25, 0.3) is 5.91 Å². The van der Waals surface area contributed by atoms with E-state index in [1.54, 1.807) is 6.07 Å². The molecule has 0 atom stereocenters. The maximum Gasteiger partial charge on any atom is 0.255 e. The molecule has 108 valence electrons. The van der Waals surface area contributed by atoms with Crippen molar-refractivity contribution in [3.63, 3.8) is 0 Å². The van der Waals surface area contributed by atoms with Crippen LogP contribution in [0.5, 0.6) is 0 Å². The van der Waals surface area contributed by atoms with Crippen LogP contribution in [0.4, 0.5) is 17.1 Å². The summed E-state index contributed by atoms with van der Waals surface area (Å²) in [6.07, 6.45) is 0. The van der Waals surface area contributed by atoms with E-state index in [0.29, 0.717) is 5.56 Å². The van der Waals surface area contributed by atoms with Crippen LogP contribution >= 0.6 is 0 Å². The molecule has 1 amide bonds. The van der Waals surface area contributed by atoms with Crippen LogP contribution in [0.25, 0.3) is 0 Å². The second-order valence-electron chi connectivity index (χ2n) is 4.89. The third-order valence-electron chi connectivity index (χ3n) is 3.22. The van der Waals surface area contributed by atoms with E-state index in [9.17, 15) is 4.79 Å². The van der Waals surface area contributed by atoms with Gasteiger partial charge >= 0.3 is 0 Å². The van der Waals surface area contributed by atoms with Gasteiger partial charge in [-0.3, -0.25) is 4.79 Å². The number of para-hydroxylation sites is 2. The molecule has 0 bridgehead atoms. The Hall–Kier alpha value is -3.07. The van der Waals surface area contributed by atoms with Gasteiger partial charge in [-0.1, -0.05) is 42.5 Å². The third-order valence-corrected chi connectivity index (χ3v) is 3.22. The lowest BCUT2D eigenvalue weighted by molar-refractivity contribution is 0.102. The number of benzene rings is 3. The van der Waals surface area contributed by atoms with Crippen LogP contribution in [0.15, 0.2) is 84.9 Å². The van der Waals surface area contributed by atoms with Crippen molar-refractivity contribution in [2.75, 3.05) is 10.6 Å². The van der Waals surface area contributed by atoms with Gasteiger partial charge in [-0.05, 0) is 42.5 Å². The number of hydrogen-bond acceptors (Lipinski definition) is 2. The summed E-state index contributed by atoms with van der Waals surface area (Å²) in [4.78, 5) is 12.3. The minimum absolute atomic E-state index is 0.122. The molecule has 0 saturated heterocycles. The molecule has 3 heteroatoms. The van der Waals surface area contributed by atoms with Crippen molar-refractivity contribution in [2.45, 2.75) is 0 Å². The highest BCUT2D eigenvalue weighted by atomic mass is 16.1. The van der Waals surface area contributed by atoms with E-state index in [1.165, 1.54) is 0 Å². The molecule has 0 aliphatic rings. The molecule has 3 aromatic rings. The van der Waals surface area contributed by atoms with Crippen molar-refractivity contribution < 1.29 is 4.79 Å².